The molecule has 2 rings (SSSR count). The molecule has 106 valence electrons. The van der Waals surface area contributed by atoms with E-state index < -0.39 is 20.4 Å². The van der Waals surface area contributed by atoms with Crippen molar-refractivity contribution in [2.75, 3.05) is 0 Å². The summed E-state index contributed by atoms with van der Waals surface area (Å²) >= 11 is 0. The lowest BCUT2D eigenvalue weighted by Crippen LogP contribution is -2.55. The fourth-order valence-corrected chi connectivity index (χ4v) is 5.79. The molecule has 0 heterocycles. The molecule has 0 saturated heterocycles. The van der Waals surface area contributed by atoms with Gasteiger partial charge in [0.15, 0.2) is 0 Å². The summed E-state index contributed by atoms with van der Waals surface area (Å²) < 4.78 is 23.1. The largest absolute Gasteiger partial charge is 0.388 e. The zero-order valence-corrected chi connectivity index (χ0v) is 12.4. The molecule has 0 radical (unpaired) electrons. The predicted molar refractivity (Wildman–Crippen MR) is 71.4 cm³/mol. The van der Waals surface area contributed by atoms with Crippen molar-refractivity contribution in [3.63, 3.8) is 0 Å². The van der Waals surface area contributed by atoms with Gasteiger partial charge in [-0.15, -0.1) is 0 Å². The van der Waals surface area contributed by atoms with Crippen LogP contribution in [-0.2, 0) is 10.0 Å². The zero-order chi connectivity index (χ0) is 13.8. The molecule has 2 aliphatic carbocycles. The van der Waals surface area contributed by atoms with Crippen LogP contribution in [0.1, 0.15) is 59.3 Å². The summed E-state index contributed by atoms with van der Waals surface area (Å²) in [6.45, 7) is 6.07. The van der Waals surface area contributed by atoms with Crippen LogP contribution in [0.3, 0.4) is 0 Å². The summed E-state index contributed by atoms with van der Waals surface area (Å²) in [5.41, 5.74) is -1.25. The van der Waals surface area contributed by atoms with Gasteiger partial charge in [-0.1, -0.05) is 40.0 Å². The van der Waals surface area contributed by atoms with Crippen LogP contribution in [-0.4, -0.2) is 23.9 Å². The highest BCUT2D eigenvalue weighted by Crippen LogP contribution is 2.65. The minimum absolute atomic E-state index is 0.0388. The molecule has 4 nitrogen and oxygen atoms in total. The van der Waals surface area contributed by atoms with E-state index >= 15 is 0 Å². The van der Waals surface area contributed by atoms with E-state index in [-0.39, 0.29) is 11.3 Å². The number of aliphatic hydroxyl groups is 1. The van der Waals surface area contributed by atoms with Crippen LogP contribution in [0.5, 0.6) is 0 Å². The Labute approximate surface area is 110 Å². The predicted octanol–water partition coefficient (Wildman–Crippen LogP) is 1.77. The summed E-state index contributed by atoms with van der Waals surface area (Å²) in [5, 5.41) is 16.4. The molecule has 0 aliphatic heterocycles. The topological polar surface area (TPSA) is 80.4 Å². The fraction of sp³-hybridized carbons (Fsp3) is 1.00. The molecule has 0 aromatic carbocycles. The van der Waals surface area contributed by atoms with Crippen molar-refractivity contribution in [1.29, 1.82) is 0 Å². The van der Waals surface area contributed by atoms with E-state index in [2.05, 4.69) is 0 Å². The average Bonchev–Trinajstić information content (AvgIpc) is 2.93. The Balaban J connectivity index is 2.41. The van der Waals surface area contributed by atoms with Gasteiger partial charge < -0.3 is 5.11 Å². The molecule has 0 aromatic rings. The van der Waals surface area contributed by atoms with Gasteiger partial charge >= 0.3 is 0 Å². The molecule has 0 spiro atoms. The van der Waals surface area contributed by atoms with E-state index in [1.54, 1.807) is 0 Å². The van der Waals surface area contributed by atoms with Crippen LogP contribution < -0.4 is 5.14 Å². The molecule has 18 heavy (non-hydrogen) atoms. The van der Waals surface area contributed by atoms with Gasteiger partial charge in [-0.25, -0.2) is 13.6 Å². The van der Waals surface area contributed by atoms with Gasteiger partial charge in [0, 0.05) is 0 Å². The Kier molecular flexibility index (Phi) is 3.12. The summed E-state index contributed by atoms with van der Waals surface area (Å²) in [6, 6.07) is 0. The van der Waals surface area contributed by atoms with Crippen LogP contribution in [0.2, 0.25) is 0 Å². The highest BCUT2D eigenvalue weighted by molar-refractivity contribution is 7.91. The molecule has 2 saturated carbocycles. The van der Waals surface area contributed by atoms with Gasteiger partial charge in [-0.2, -0.15) is 0 Å². The van der Waals surface area contributed by atoms with Crippen molar-refractivity contribution in [2.24, 2.45) is 16.5 Å². The average molecular weight is 275 g/mol. The van der Waals surface area contributed by atoms with Crippen molar-refractivity contribution in [1.82, 2.24) is 0 Å². The third kappa shape index (κ3) is 1.91. The summed E-state index contributed by atoms with van der Waals surface area (Å²) in [7, 11) is -3.73. The van der Waals surface area contributed by atoms with Crippen molar-refractivity contribution in [3.8, 4) is 0 Å². The maximum absolute atomic E-state index is 12.1. The second-order valence-electron chi connectivity index (χ2n) is 7.15. The van der Waals surface area contributed by atoms with E-state index in [0.717, 1.165) is 19.3 Å². The van der Waals surface area contributed by atoms with Crippen LogP contribution in [0, 0.1) is 11.3 Å². The number of nitrogens with two attached hydrogens (primary N) is 1. The van der Waals surface area contributed by atoms with Gasteiger partial charge in [-0.3, -0.25) is 0 Å². The van der Waals surface area contributed by atoms with E-state index in [1.807, 2.05) is 20.8 Å². The Hall–Kier alpha value is -0.130. The van der Waals surface area contributed by atoms with Crippen LogP contribution >= 0.6 is 0 Å². The Morgan fingerprint density at radius 2 is 1.67 bits per heavy atom. The smallest absolute Gasteiger partial charge is 0.218 e. The normalized spacial score (nSPS) is 36.4. The molecule has 2 aliphatic rings. The van der Waals surface area contributed by atoms with E-state index in [9.17, 15) is 13.5 Å². The minimum Gasteiger partial charge on any atom is -0.388 e. The first-order valence-electron chi connectivity index (χ1n) is 6.79. The Bertz CT molecular complexity index is 432. The Morgan fingerprint density at radius 1 is 1.17 bits per heavy atom. The monoisotopic (exact) mass is 275 g/mol. The summed E-state index contributed by atoms with van der Waals surface area (Å²) in [5.74, 6) is -0.0388. The third-order valence-electron chi connectivity index (χ3n) is 4.93. The molecule has 0 bridgehead atoms. The maximum atomic E-state index is 12.1. The summed E-state index contributed by atoms with van der Waals surface area (Å²) in [4.78, 5) is 0. The highest BCUT2D eigenvalue weighted by atomic mass is 32.2. The van der Waals surface area contributed by atoms with Gasteiger partial charge in [0.05, 0.1) is 5.60 Å². The van der Waals surface area contributed by atoms with Crippen molar-refractivity contribution in [3.05, 3.63) is 0 Å². The van der Waals surface area contributed by atoms with Crippen LogP contribution in [0.25, 0.3) is 0 Å². The lowest BCUT2D eigenvalue weighted by atomic mass is 9.77. The van der Waals surface area contributed by atoms with Gasteiger partial charge in [0.2, 0.25) is 10.0 Å². The molecule has 0 amide bonds. The number of primary sulfonamides is 1. The number of rotatable bonds is 2. The molecule has 2 atom stereocenters. The quantitative estimate of drug-likeness (QED) is 0.806. The molecular weight excluding hydrogens is 250 g/mol. The van der Waals surface area contributed by atoms with E-state index in [4.69, 9.17) is 5.14 Å². The van der Waals surface area contributed by atoms with E-state index in [0.29, 0.717) is 19.3 Å². The lowest BCUT2D eigenvalue weighted by molar-refractivity contribution is -0.0163. The fourth-order valence-electron chi connectivity index (χ4n) is 3.90. The number of hydrogen-bond acceptors (Lipinski definition) is 3. The minimum atomic E-state index is -3.73. The van der Waals surface area contributed by atoms with Crippen molar-refractivity contribution < 1.29 is 13.5 Å². The summed E-state index contributed by atoms with van der Waals surface area (Å²) in [6.07, 6.45) is 4.50. The third-order valence-corrected chi connectivity index (χ3v) is 6.78. The first-order valence-corrected chi connectivity index (χ1v) is 8.34. The van der Waals surface area contributed by atoms with Crippen LogP contribution in [0.15, 0.2) is 0 Å². The molecule has 3 N–H and O–H groups in total. The lowest BCUT2D eigenvalue weighted by Gasteiger charge is -2.40. The number of sulfonamides is 1. The molecule has 5 heteroatoms. The molecular formula is C13H25NO3S. The zero-order valence-electron chi connectivity index (χ0n) is 11.6. The van der Waals surface area contributed by atoms with Gasteiger partial charge in [-0.05, 0) is 30.6 Å². The Morgan fingerprint density at radius 3 is 2.00 bits per heavy atom. The first-order chi connectivity index (χ1) is 8.05. The van der Waals surface area contributed by atoms with Gasteiger partial charge in [0.1, 0.15) is 4.75 Å². The van der Waals surface area contributed by atoms with Crippen LogP contribution in [0.4, 0.5) is 0 Å². The molecule has 0 aromatic heterocycles. The second-order valence-corrected chi connectivity index (χ2v) is 8.97. The molecule has 2 fully saturated rings. The SMILES string of the molecule is CC(C)(C)C1CC1(C1(O)CCCCC1)S(N)(=O)=O. The van der Waals surface area contributed by atoms with E-state index in [1.165, 1.54) is 0 Å². The maximum Gasteiger partial charge on any atom is 0.218 e. The standard InChI is InChI=1S/C13H25NO3S/c1-11(2,3)10-9-13(10,18(14,16)17)12(15)7-5-4-6-8-12/h10,15H,4-9H2,1-3H3,(H2,14,16,17). The highest BCUT2D eigenvalue weighted by Gasteiger charge is 2.75. The number of hydrogen-bond donors (Lipinski definition) is 2. The van der Waals surface area contributed by atoms with Crippen molar-refractivity contribution >= 4 is 10.0 Å². The first kappa shape index (κ1) is 14.3. The molecule has 2 unspecified atom stereocenters. The second kappa shape index (κ2) is 3.93. The van der Waals surface area contributed by atoms with Crippen molar-refractivity contribution in [2.45, 2.75) is 69.6 Å². The van der Waals surface area contributed by atoms with Gasteiger partial charge in [0.25, 0.3) is 0 Å².